The van der Waals surface area contributed by atoms with Crippen LogP contribution in [0, 0.1) is 23.7 Å². The van der Waals surface area contributed by atoms with Gasteiger partial charge in [0, 0.05) is 5.92 Å². The van der Waals surface area contributed by atoms with Gasteiger partial charge >= 0.3 is 0 Å². The van der Waals surface area contributed by atoms with Crippen molar-refractivity contribution in [1.82, 2.24) is 0 Å². The van der Waals surface area contributed by atoms with Gasteiger partial charge in [-0.25, -0.2) is 4.39 Å². The summed E-state index contributed by atoms with van der Waals surface area (Å²) in [5.41, 5.74) is 0. The first-order chi connectivity index (χ1) is 12.7. The van der Waals surface area contributed by atoms with Crippen LogP contribution < -0.4 is 0 Å². The summed E-state index contributed by atoms with van der Waals surface area (Å²) in [6.07, 6.45) is 18.9. The van der Waals surface area contributed by atoms with Crippen molar-refractivity contribution in [3.63, 3.8) is 0 Å². The van der Waals surface area contributed by atoms with Gasteiger partial charge in [-0.2, -0.15) is 0 Å². The minimum Gasteiger partial charge on any atom is -0.352 e. The number of allylic oxidation sites excluding steroid dienone is 4. The molecule has 1 saturated heterocycles. The maximum atomic E-state index is 13.2. The van der Waals surface area contributed by atoms with Crippen LogP contribution >= 0.6 is 0 Å². The molecule has 0 aromatic carbocycles. The van der Waals surface area contributed by atoms with E-state index < -0.39 is 0 Å². The van der Waals surface area contributed by atoms with E-state index in [1.165, 1.54) is 38.5 Å². The third-order valence-corrected chi connectivity index (χ3v) is 6.78. The fraction of sp³-hybridized carbons (Fsp3) is 0.826. The number of rotatable bonds is 7. The lowest BCUT2D eigenvalue weighted by Gasteiger charge is -2.35. The fourth-order valence-corrected chi connectivity index (χ4v) is 4.99. The minimum absolute atomic E-state index is 0.0251. The van der Waals surface area contributed by atoms with Crippen molar-refractivity contribution >= 4 is 0 Å². The van der Waals surface area contributed by atoms with Crippen molar-refractivity contribution in [3.05, 3.63) is 24.1 Å². The smallest absolute Gasteiger partial charge is 0.157 e. The molecule has 0 radical (unpaired) electrons. The second-order valence-electron chi connectivity index (χ2n) is 8.65. The van der Waals surface area contributed by atoms with Gasteiger partial charge in [0.15, 0.2) is 6.29 Å². The molecular formula is C23H37FO2. The first kappa shape index (κ1) is 20.1. The standard InChI is InChI=1S/C23H37FO2/c1-2-3-4-5-19-16-25-23(26-17-19)15-8-18-6-9-20(10-7-18)21-11-13-22(24)14-12-21/h2-3,13,18-21,23H,4-12,14-17H2,1H3/b3-2+. The quantitative estimate of drug-likeness (QED) is 0.476. The second-order valence-corrected chi connectivity index (χ2v) is 8.65. The molecule has 3 heteroatoms. The topological polar surface area (TPSA) is 18.5 Å². The molecule has 1 aliphatic heterocycles. The fourth-order valence-electron chi connectivity index (χ4n) is 4.99. The zero-order chi connectivity index (χ0) is 18.2. The van der Waals surface area contributed by atoms with Crippen LogP contribution in [0.25, 0.3) is 0 Å². The molecule has 0 aromatic rings. The van der Waals surface area contributed by atoms with Crippen LogP contribution in [0.3, 0.4) is 0 Å². The summed E-state index contributed by atoms with van der Waals surface area (Å²) in [5.74, 6) is 3.08. The third-order valence-electron chi connectivity index (χ3n) is 6.78. The second kappa shape index (κ2) is 10.6. The summed E-state index contributed by atoms with van der Waals surface area (Å²) in [5, 5.41) is 0. The van der Waals surface area contributed by atoms with Crippen molar-refractivity contribution in [2.24, 2.45) is 23.7 Å². The first-order valence-electron chi connectivity index (χ1n) is 10.9. The summed E-state index contributed by atoms with van der Waals surface area (Å²) >= 11 is 0. The van der Waals surface area contributed by atoms with Gasteiger partial charge in [-0.1, -0.05) is 31.1 Å². The van der Waals surface area contributed by atoms with Gasteiger partial charge in [0.05, 0.1) is 19.0 Å². The molecule has 3 aliphatic rings. The first-order valence-corrected chi connectivity index (χ1v) is 10.9. The highest BCUT2D eigenvalue weighted by Crippen LogP contribution is 2.41. The van der Waals surface area contributed by atoms with E-state index in [-0.39, 0.29) is 12.1 Å². The summed E-state index contributed by atoms with van der Waals surface area (Å²) in [4.78, 5) is 0. The Bertz CT molecular complexity index is 457. The molecule has 0 spiro atoms. The van der Waals surface area contributed by atoms with Gasteiger partial charge in [-0.3, -0.25) is 0 Å². The van der Waals surface area contributed by atoms with Crippen LogP contribution in [0.5, 0.6) is 0 Å². The molecule has 2 nitrogen and oxygen atoms in total. The van der Waals surface area contributed by atoms with Crippen molar-refractivity contribution < 1.29 is 13.9 Å². The molecule has 1 atom stereocenters. The minimum atomic E-state index is 0.0251. The average Bonchev–Trinajstić information content (AvgIpc) is 2.69. The van der Waals surface area contributed by atoms with E-state index in [0.717, 1.165) is 56.7 Å². The van der Waals surface area contributed by atoms with Gasteiger partial charge in [0.1, 0.15) is 0 Å². The van der Waals surface area contributed by atoms with Crippen LogP contribution in [-0.4, -0.2) is 19.5 Å². The zero-order valence-corrected chi connectivity index (χ0v) is 16.5. The maximum absolute atomic E-state index is 13.2. The highest BCUT2D eigenvalue weighted by atomic mass is 19.1. The summed E-state index contributed by atoms with van der Waals surface area (Å²) in [6, 6.07) is 0. The largest absolute Gasteiger partial charge is 0.352 e. The molecule has 1 unspecified atom stereocenters. The van der Waals surface area contributed by atoms with Crippen molar-refractivity contribution in [2.75, 3.05) is 13.2 Å². The van der Waals surface area contributed by atoms with E-state index in [1.807, 2.05) is 6.08 Å². The van der Waals surface area contributed by atoms with E-state index in [1.54, 1.807) is 0 Å². The summed E-state index contributed by atoms with van der Waals surface area (Å²) < 4.78 is 25.1. The molecule has 0 bridgehead atoms. The number of hydrogen-bond acceptors (Lipinski definition) is 2. The predicted octanol–water partition coefficient (Wildman–Crippen LogP) is 6.57. The zero-order valence-electron chi connectivity index (χ0n) is 16.5. The highest BCUT2D eigenvalue weighted by Gasteiger charge is 2.29. The molecule has 148 valence electrons. The van der Waals surface area contributed by atoms with E-state index in [9.17, 15) is 4.39 Å². The Hall–Kier alpha value is -0.670. The Morgan fingerprint density at radius 2 is 1.73 bits per heavy atom. The Morgan fingerprint density at radius 3 is 2.38 bits per heavy atom. The van der Waals surface area contributed by atoms with Gasteiger partial charge < -0.3 is 9.47 Å². The van der Waals surface area contributed by atoms with Crippen LogP contribution in [-0.2, 0) is 9.47 Å². The average molecular weight is 365 g/mol. The van der Waals surface area contributed by atoms with E-state index >= 15 is 0 Å². The van der Waals surface area contributed by atoms with Gasteiger partial charge in [0.25, 0.3) is 0 Å². The number of halogens is 1. The van der Waals surface area contributed by atoms with Crippen molar-refractivity contribution in [2.45, 2.75) is 83.8 Å². The summed E-state index contributed by atoms with van der Waals surface area (Å²) in [6.45, 7) is 3.80. The lowest BCUT2D eigenvalue weighted by molar-refractivity contribution is -0.205. The molecule has 0 aromatic heterocycles. The van der Waals surface area contributed by atoms with Gasteiger partial charge in [0.2, 0.25) is 0 Å². The van der Waals surface area contributed by atoms with E-state index in [4.69, 9.17) is 9.47 Å². The molecule has 1 saturated carbocycles. The van der Waals surface area contributed by atoms with Crippen LogP contribution in [0.4, 0.5) is 4.39 Å². The number of hydrogen-bond donors (Lipinski definition) is 0. The summed E-state index contributed by atoms with van der Waals surface area (Å²) in [7, 11) is 0. The lowest BCUT2D eigenvalue weighted by atomic mass is 9.71. The van der Waals surface area contributed by atoms with Gasteiger partial charge in [-0.15, -0.1) is 0 Å². The van der Waals surface area contributed by atoms with E-state index in [2.05, 4.69) is 19.1 Å². The molecule has 2 fully saturated rings. The molecular weight excluding hydrogens is 327 g/mol. The van der Waals surface area contributed by atoms with Crippen molar-refractivity contribution in [3.8, 4) is 0 Å². The Morgan fingerprint density at radius 1 is 0.962 bits per heavy atom. The molecule has 2 aliphatic carbocycles. The van der Waals surface area contributed by atoms with E-state index in [0.29, 0.717) is 12.3 Å². The molecule has 0 N–H and O–H groups in total. The number of ether oxygens (including phenoxy) is 2. The molecule has 1 heterocycles. The Labute approximate surface area is 159 Å². The molecule has 3 rings (SSSR count). The SMILES string of the molecule is C/C=C/CCC1COC(CCC2CCC(C3CC=C(F)CC3)CC2)OC1. The molecule has 26 heavy (non-hydrogen) atoms. The van der Waals surface area contributed by atoms with Crippen molar-refractivity contribution in [1.29, 1.82) is 0 Å². The normalized spacial score (nSPS) is 36.2. The van der Waals surface area contributed by atoms with Crippen LogP contribution in [0.15, 0.2) is 24.1 Å². The maximum Gasteiger partial charge on any atom is 0.157 e. The lowest BCUT2D eigenvalue weighted by Crippen LogP contribution is -2.32. The Kier molecular flexibility index (Phi) is 8.19. The Balaban J connectivity index is 1.27. The predicted molar refractivity (Wildman–Crippen MR) is 104 cm³/mol. The third kappa shape index (κ3) is 6.20. The van der Waals surface area contributed by atoms with Crippen LogP contribution in [0.1, 0.15) is 77.6 Å². The highest BCUT2D eigenvalue weighted by molar-refractivity contribution is 4.99. The monoisotopic (exact) mass is 364 g/mol. The van der Waals surface area contributed by atoms with Gasteiger partial charge in [-0.05, 0) is 82.5 Å². The van der Waals surface area contributed by atoms with Crippen LogP contribution in [0.2, 0.25) is 0 Å². The molecule has 0 amide bonds.